The van der Waals surface area contributed by atoms with Gasteiger partial charge in [0.25, 0.3) is 0 Å². The molecule has 2 rings (SSSR count). The van der Waals surface area contributed by atoms with Gasteiger partial charge in [-0.2, -0.15) is 0 Å². The maximum absolute atomic E-state index is 4.34. The van der Waals surface area contributed by atoms with Gasteiger partial charge in [-0.05, 0) is 38.0 Å². The molecule has 3 nitrogen and oxygen atoms in total. The molecular formula is C15H21N3. The van der Waals surface area contributed by atoms with Crippen LogP contribution in [0.5, 0.6) is 0 Å². The molecule has 1 aromatic heterocycles. The Morgan fingerprint density at radius 2 is 1.94 bits per heavy atom. The molecule has 0 aliphatic carbocycles. The van der Waals surface area contributed by atoms with Gasteiger partial charge in [0.1, 0.15) is 0 Å². The van der Waals surface area contributed by atoms with Gasteiger partial charge >= 0.3 is 0 Å². The van der Waals surface area contributed by atoms with E-state index in [2.05, 4.69) is 59.9 Å². The summed E-state index contributed by atoms with van der Waals surface area (Å²) in [4.78, 5) is 4.34. The highest BCUT2D eigenvalue weighted by Gasteiger charge is 2.05. The van der Waals surface area contributed by atoms with E-state index in [4.69, 9.17) is 0 Å². The Hall–Kier alpha value is -1.77. The second kappa shape index (κ2) is 5.71. The molecule has 0 saturated heterocycles. The molecule has 0 atom stereocenters. The maximum Gasteiger partial charge on any atom is 0.207 e. The smallest absolute Gasteiger partial charge is 0.207 e. The van der Waals surface area contributed by atoms with E-state index < -0.39 is 0 Å². The summed E-state index contributed by atoms with van der Waals surface area (Å²) in [7, 11) is 0. The minimum absolute atomic E-state index is 0.380. The van der Waals surface area contributed by atoms with Crippen molar-refractivity contribution in [2.45, 2.75) is 39.7 Å². The third-order valence-corrected chi connectivity index (χ3v) is 2.81. The fraction of sp³-hybridized carbons (Fsp3) is 0.400. The third-order valence-electron chi connectivity index (χ3n) is 2.81. The summed E-state index contributed by atoms with van der Waals surface area (Å²) < 4.78 is 2.08. The Balaban J connectivity index is 2.23. The van der Waals surface area contributed by atoms with Gasteiger partial charge in [-0.1, -0.05) is 25.5 Å². The number of nitrogens with one attached hydrogen (secondary N) is 1. The molecule has 0 amide bonds. The van der Waals surface area contributed by atoms with Crippen molar-refractivity contribution in [1.82, 2.24) is 9.55 Å². The lowest BCUT2D eigenvalue weighted by Gasteiger charge is -2.12. The van der Waals surface area contributed by atoms with Crippen LogP contribution in [0.15, 0.2) is 36.7 Å². The molecular weight excluding hydrogens is 222 g/mol. The molecule has 2 aromatic rings. The summed E-state index contributed by atoms with van der Waals surface area (Å²) in [5, 5.41) is 3.34. The first-order valence-corrected chi connectivity index (χ1v) is 6.60. The van der Waals surface area contributed by atoms with Crippen molar-refractivity contribution < 1.29 is 0 Å². The van der Waals surface area contributed by atoms with Gasteiger partial charge in [0.2, 0.25) is 5.95 Å². The van der Waals surface area contributed by atoms with Crippen LogP contribution < -0.4 is 5.32 Å². The molecule has 96 valence electrons. The third kappa shape index (κ3) is 2.92. The fourth-order valence-electron chi connectivity index (χ4n) is 1.99. The van der Waals surface area contributed by atoms with Gasteiger partial charge < -0.3 is 5.32 Å². The number of aromatic nitrogens is 2. The van der Waals surface area contributed by atoms with Crippen LogP contribution in [0, 0.1) is 0 Å². The Bertz CT molecular complexity index is 483. The number of hydrogen-bond acceptors (Lipinski definition) is 2. The number of nitrogens with zero attached hydrogens (tertiary/aromatic N) is 2. The lowest BCUT2D eigenvalue weighted by atomic mass is 10.1. The van der Waals surface area contributed by atoms with Crippen molar-refractivity contribution in [1.29, 1.82) is 0 Å². The van der Waals surface area contributed by atoms with E-state index in [1.165, 1.54) is 12.0 Å². The Morgan fingerprint density at radius 3 is 2.56 bits per heavy atom. The van der Waals surface area contributed by atoms with Crippen LogP contribution in [0.25, 0.3) is 5.69 Å². The molecule has 0 aliphatic rings. The first-order chi connectivity index (χ1) is 8.70. The lowest BCUT2D eigenvalue weighted by Crippen LogP contribution is -2.13. The average molecular weight is 243 g/mol. The van der Waals surface area contributed by atoms with E-state index in [1.807, 2.05) is 12.4 Å². The van der Waals surface area contributed by atoms with E-state index in [9.17, 15) is 0 Å². The molecule has 1 N–H and O–H groups in total. The highest BCUT2D eigenvalue weighted by Crippen LogP contribution is 2.16. The number of hydrogen-bond donors (Lipinski definition) is 1. The predicted molar refractivity (Wildman–Crippen MR) is 76.3 cm³/mol. The minimum atomic E-state index is 0.380. The molecule has 1 aromatic carbocycles. The van der Waals surface area contributed by atoms with Gasteiger partial charge in [-0.25, -0.2) is 4.98 Å². The number of imidazole rings is 1. The monoisotopic (exact) mass is 243 g/mol. The molecule has 0 fully saturated rings. The van der Waals surface area contributed by atoms with Crippen molar-refractivity contribution in [3.63, 3.8) is 0 Å². The van der Waals surface area contributed by atoms with Crippen LogP contribution in [0.2, 0.25) is 0 Å². The van der Waals surface area contributed by atoms with E-state index in [-0.39, 0.29) is 0 Å². The number of rotatable bonds is 5. The molecule has 0 bridgehead atoms. The number of benzene rings is 1. The summed E-state index contributed by atoms with van der Waals surface area (Å²) >= 11 is 0. The lowest BCUT2D eigenvalue weighted by molar-refractivity contribution is 0.863. The SMILES string of the molecule is CCCc1ccc(-n2ccnc2NC(C)C)cc1. The second-order valence-corrected chi connectivity index (χ2v) is 4.84. The molecule has 0 aliphatic heterocycles. The topological polar surface area (TPSA) is 29.9 Å². The summed E-state index contributed by atoms with van der Waals surface area (Å²) in [6.45, 7) is 6.43. The summed E-state index contributed by atoms with van der Waals surface area (Å²) in [5.74, 6) is 0.897. The zero-order chi connectivity index (χ0) is 13.0. The van der Waals surface area contributed by atoms with Crippen molar-refractivity contribution in [2.24, 2.45) is 0 Å². The molecule has 0 spiro atoms. The molecule has 0 unspecified atom stereocenters. The minimum Gasteiger partial charge on any atom is -0.353 e. The number of aryl methyl sites for hydroxylation is 1. The summed E-state index contributed by atoms with van der Waals surface area (Å²) in [6, 6.07) is 9.07. The largest absolute Gasteiger partial charge is 0.353 e. The quantitative estimate of drug-likeness (QED) is 0.868. The van der Waals surface area contributed by atoms with Crippen LogP contribution in [-0.2, 0) is 6.42 Å². The molecule has 0 radical (unpaired) electrons. The van der Waals surface area contributed by atoms with E-state index >= 15 is 0 Å². The van der Waals surface area contributed by atoms with Gasteiger partial charge in [0.05, 0.1) is 0 Å². The van der Waals surface area contributed by atoms with Gasteiger partial charge in [-0.15, -0.1) is 0 Å². The van der Waals surface area contributed by atoms with Gasteiger partial charge in [0, 0.05) is 24.1 Å². The standard InChI is InChI=1S/C15H21N3/c1-4-5-13-6-8-14(9-7-13)18-11-10-16-15(18)17-12(2)3/h6-12H,4-5H2,1-3H3,(H,16,17). The van der Waals surface area contributed by atoms with E-state index in [0.717, 1.165) is 18.1 Å². The molecule has 18 heavy (non-hydrogen) atoms. The normalized spacial score (nSPS) is 10.9. The Morgan fingerprint density at radius 1 is 1.22 bits per heavy atom. The maximum atomic E-state index is 4.34. The van der Waals surface area contributed by atoms with Crippen molar-refractivity contribution in [3.8, 4) is 5.69 Å². The van der Waals surface area contributed by atoms with Gasteiger partial charge in [-0.3, -0.25) is 4.57 Å². The highest BCUT2D eigenvalue weighted by atomic mass is 15.2. The predicted octanol–water partition coefficient (Wildman–Crippen LogP) is 3.65. The average Bonchev–Trinajstić information content (AvgIpc) is 2.78. The van der Waals surface area contributed by atoms with E-state index in [1.54, 1.807) is 0 Å². The first-order valence-electron chi connectivity index (χ1n) is 6.60. The van der Waals surface area contributed by atoms with Gasteiger partial charge in [0.15, 0.2) is 0 Å². The Labute approximate surface area is 109 Å². The van der Waals surface area contributed by atoms with Crippen LogP contribution >= 0.6 is 0 Å². The van der Waals surface area contributed by atoms with Crippen molar-refractivity contribution >= 4 is 5.95 Å². The summed E-state index contributed by atoms with van der Waals surface area (Å²) in [6.07, 6.45) is 6.14. The Kier molecular flexibility index (Phi) is 4.03. The van der Waals surface area contributed by atoms with E-state index in [0.29, 0.717) is 6.04 Å². The van der Waals surface area contributed by atoms with Crippen LogP contribution in [0.3, 0.4) is 0 Å². The van der Waals surface area contributed by atoms with Crippen LogP contribution in [-0.4, -0.2) is 15.6 Å². The molecule has 1 heterocycles. The molecule has 0 saturated carbocycles. The zero-order valence-corrected chi connectivity index (χ0v) is 11.4. The van der Waals surface area contributed by atoms with Crippen molar-refractivity contribution in [3.05, 3.63) is 42.2 Å². The fourth-order valence-corrected chi connectivity index (χ4v) is 1.99. The number of anilines is 1. The molecule has 3 heteroatoms. The first kappa shape index (κ1) is 12.7. The second-order valence-electron chi connectivity index (χ2n) is 4.84. The van der Waals surface area contributed by atoms with Crippen LogP contribution in [0.4, 0.5) is 5.95 Å². The van der Waals surface area contributed by atoms with Crippen molar-refractivity contribution in [2.75, 3.05) is 5.32 Å². The highest BCUT2D eigenvalue weighted by molar-refractivity contribution is 5.43. The zero-order valence-electron chi connectivity index (χ0n) is 11.4. The van der Waals surface area contributed by atoms with Crippen LogP contribution in [0.1, 0.15) is 32.8 Å². The summed E-state index contributed by atoms with van der Waals surface area (Å²) in [5.41, 5.74) is 2.54.